The van der Waals surface area contributed by atoms with Gasteiger partial charge in [-0.2, -0.15) is 0 Å². The van der Waals surface area contributed by atoms with E-state index in [1.54, 1.807) is 0 Å². The van der Waals surface area contributed by atoms with E-state index >= 15 is 0 Å². The highest BCUT2D eigenvalue weighted by atomic mass is 16.6. The van der Waals surface area contributed by atoms with Crippen LogP contribution in [0.5, 0.6) is 0 Å². The van der Waals surface area contributed by atoms with Gasteiger partial charge in [0.15, 0.2) is 23.1 Å². The average Bonchev–Trinajstić information content (AvgIpc) is 3.19. The molecule has 1 aliphatic heterocycles. The largest absolute Gasteiger partial charge is 0.478 e. The third-order valence-corrected chi connectivity index (χ3v) is 2.28. The molecule has 1 heterocycles. The molecule has 0 saturated heterocycles. The molecule has 11 nitrogen and oxygen atoms in total. The van der Waals surface area contributed by atoms with Gasteiger partial charge in [0, 0.05) is 24.3 Å². The number of aliphatic carboxylic acids is 2. The van der Waals surface area contributed by atoms with Crippen molar-refractivity contribution < 1.29 is 53.3 Å². The first-order valence-electron chi connectivity index (χ1n) is 7.84. The van der Waals surface area contributed by atoms with Gasteiger partial charge in [0.25, 0.3) is 0 Å². The lowest BCUT2D eigenvalue weighted by Crippen LogP contribution is -1.96. The van der Waals surface area contributed by atoms with Gasteiger partial charge in [-0.1, -0.05) is 0 Å². The van der Waals surface area contributed by atoms with Crippen LogP contribution in [0.3, 0.4) is 0 Å². The summed E-state index contributed by atoms with van der Waals surface area (Å²) in [5.41, 5.74) is 0. The lowest BCUT2D eigenvalue weighted by atomic mass is 10.3. The molecule has 0 bridgehead atoms. The van der Waals surface area contributed by atoms with Gasteiger partial charge in [-0.15, -0.1) is 0 Å². The van der Waals surface area contributed by atoms with Crippen LogP contribution >= 0.6 is 0 Å². The molecule has 0 amide bonds. The van der Waals surface area contributed by atoms with Crippen molar-refractivity contribution in [1.82, 2.24) is 0 Å². The first kappa shape index (κ1) is 27.9. The molecular formula is C19H18O11. The molecule has 1 aliphatic carbocycles. The Morgan fingerprint density at radius 3 is 1.13 bits per heavy atom. The number of esters is 2. The number of ether oxygens (including phenoxy) is 1. The van der Waals surface area contributed by atoms with Crippen molar-refractivity contribution in [3.63, 3.8) is 0 Å². The highest BCUT2D eigenvalue weighted by molar-refractivity contribution is 6.16. The van der Waals surface area contributed by atoms with Crippen LogP contribution in [-0.4, -0.2) is 57.2 Å². The Morgan fingerprint density at radius 1 is 0.700 bits per heavy atom. The summed E-state index contributed by atoms with van der Waals surface area (Å²) in [6, 6.07) is 0. The SMILES string of the molecule is CC(=O)/C=C\C(=O)O.CC(=O)/C=C\C(=O)O.O=C1C=CC(=O)C1.O=C1C=CC(=O)O1. The fourth-order valence-electron chi connectivity index (χ4n) is 1.16. The molecule has 160 valence electrons. The van der Waals surface area contributed by atoms with E-state index in [-0.39, 0.29) is 29.6 Å². The second-order valence-corrected chi connectivity index (χ2v) is 5.08. The van der Waals surface area contributed by atoms with Crippen molar-refractivity contribution in [3.05, 3.63) is 48.6 Å². The van der Waals surface area contributed by atoms with Crippen molar-refractivity contribution in [2.45, 2.75) is 20.3 Å². The third-order valence-electron chi connectivity index (χ3n) is 2.28. The van der Waals surface area contributed by atoms with Crippen LogP contribution in [0.1, 0.15) is 20.3 Å². The van der Waals surface area contributed by atoms with E-state index in [0.717, 1.165) is 36.5 Å². The van der Waals surface area contributed by atoms with Crippen LogP contribution in [0.25, 0.3) is 0 Å². The predicted molar refractivity (Wildman–Crippen MR) is 98.9 cm³/mol. The minimum absolute atomic E-state index is 0.0787. The van der Waals surface area contributed by atoms with E-state index in [0.29, 0.717) is 0 Å². The van der Waals surface area contributed by atoms with Crippen LogP contribution in [0.2, 0.25) is 0 Å². The number of ketones is 4. The first-order valence-corrected chi connectivity index (χ1v) is 7.84. The van der Waals surface area contributed by atoms with E-state index < -0.39 is 23.9 Å². The number of carboxylic acids is 2. The molecule has 0 spiro atoms. The number of carbonyl (C=O) groups is 8. The maximum absolute atomic E-state index is 10.1. The standard InChI is InChI=1S/2C5H6O3.C5H4O2.C4H2O3/c2*1-4(6)2-3-5(7)8;6-4-1-2-5(7)3-4;5-3-1-2-4(6)7-3/h2*2-3H,1H3,(H,7,8);1-2H,3H2;1-2H/b2*3-2-;;. The molecule has 2 rings (SSSR count). The summed E-state index contributed by atoms with van der Waals surface area (Å²) in [4.78, 5) is 79.5. The molecule has 0 aromatic carbocycles. The van der Waals surface area contributed by atoms with E-state index in [9.17, 15) is 38.4 Å². The Balaban J connectivity index is 0. The lowest BCUT2D eigenvalue weighted by Gasteiger charge is -1.80. The highest BCUT2D eigenvalue weighted by Crippen LogP contribution is 1.97. The van der Waals surface area contributed by atoms with Crippen molar-refractivity contribution in [1.29, 1.82) is 0 Å². The van der Waals surface area contributed by atoms with E-state index in [2.05, 4.69) is 4.74 Å². The topological polar surface area (TPSA) is 186 Å². The van der Waals surface area contributed by atoms with Gasteiger partial charge in [0.2, 0.25) is 0 Å². The molecule has 0 radical (unpaired) electrons. The van der Waals surface area contributed by atoms with Gasteiger partial charge in [-0.3, -0.25) is 19.2 Å². The van der Waals surface area contributed by atoms with Crippen molar-refractivity contribution in [2.24, 2.45) is 0 Å². The van der Waals surface area contributed by atoms with Gasteiger partial charge < -0.3 is 14.9 Å². The zero-order valence-corrected chi connectivity index (χ0v) is 15.9. The molecule has 0 unspecified atom stereocenters. The zero-order valence-electron chi connectivity index (χ0n) is 15.9. The van der Waals surface area contributed by atoms with E-state index in [1.165, 1.54) is 26.0 Å². The number of carbonyl (C=O) groups excluding carboxylic acids is 6. The second kappa shape index (κ2) is 15.7. The first-order chi connectivity index (χ1) is 13.8. The molecular weight excluding hydrogens is 404 g/mol. The number of hydrogen-bond acceptors (Lipinski definition) is 9. The number of hydrogen-bond donors (Lipinski definition) is 2. The van der Waals surface area contributed by atoms with Crippen LogP contribution in [0, 0.1) is 0 Å². The molecule has 0 aromatic heterocycles. The van der Waals surface area contributed by atoms with E-state index in [4.69, 9.17) is 10.2 Å². The third kappa shape index (κ3) is 21.8. The van der Waals surface area contributed by atoms with Crippen LogP contribution in [0.15, 0.2) is 48.6 Å². The van der Waals surface area contributed by atoms with E-state index in [1.807, 2.05) is 0 Å². The number of rotatable bonds is 4. The highest BCUT2D eigenvalue weighted by Gasteiger charge is 2.10. The molecule has 0 fully saturated rings. The summed E-state index contributed by atoms with van der Waals surface area (Å²) in [6.45, 7) is 2.58. The van der Waals surface area contributed by atoms with Crippen LogP contribution in [0.4, 0.5) is 0 Å². The molecule has 11 heteroatoms. The predicted octanol–water partition coefficient (Wildman–Crippen LogP) is 0.143. The summed E-state index contributed by atoms with van der Waals surface area (Å²) in [6.07, 6.45) is 8.49. The van der Waals surface area contributed by atoms with Gasteiger partial charge in [0.1, 0.15) is 0 Å². The Labute approximate surface area is 170 Å². The Kier molecular flexibility index (Phi) is 14.7. The molecule has 2 N–H and O–H groups in total. The van der Waals surface area contributed by atoms with Crippen molar-refractivity contribution in [2.75, 3.05) is 0 Å². The average molecular weight is 422 g/mol. The lowest BCUT2D eigenvalue weighted by molar-refractivity contribution is -0.150. The smallest absolute Gasteiger partial charge is 0.338 e. The summed E-state index contributed by atoms with van der Waals surface area (Å²) in [5, 5.41) is 15.8. The Hall–Kier alpha value is -4.28. The van der Waals surface area contributed by atoms with Gasteiger partial charge in [-0.05, 0) is 38.2 Å². The summed E-state index contributed by atoms with van der Waals surface area (Å²) >= 11 is 0. The Morgan fingerprint density at radius 2 is 1.03 bits per heavy atom. The number of carboxylic acid groups (broad SMARTS) is 2. The molecule has 0 atom stereocenters. The zero-order chi connectivity index (χ0) is 23.7. The number of cyclic esters (lactones) is 2. The monoisotopic (exact) mass is 422 g/mol. The fraction of sp³-hybridized carbons (Fsp3) is 0.158. The maximum atomic E-state index is 10.1. The molecule has 0 saturated carbocycles. The summed E-state index contributed by atoms with van der Waals surface area (Å²) in [5.74, 6) is -4.02. The fourth-order valence-corrected chi connectivity index (χ4v) is 1.16. The van der Waals surface area contributed by atoms with Crippen LogP contribution < -0.4 is 0 Å². The minimum Gasteiger partial charge on any atom is -0.478 e. The molecule has 2 aliphatic rings. The van der Waals surface area contributed by atoms with Gasteiger partial charge >= 0.3 is 23.9 Å². The summed E-state index contributed by atoms with van der Waals surface area (Å²) < 4.78 is 3.97. The minimum atomic E-state index is -1.10. The molecule has 30 heavy (non-hydrogen) atoms. The number of allylic oxidation sites excluding steroid dienone is 4. The maximum Gasteiger partial charge on any atom is 0.338 e. The Bertz CT molecular complexity index is 705. The van der Waals surface area contributed by atoms with Gasteiger partial charge in [0.05, 0.1) is 6.42 Å². The second-order valence-electron chi connectivity index (χ2n) is 5.08. The van der Waals surface area contributed by atoms with Gasteiger partial charge in [-0.25, -0.2) is 19.2 Å². The quantitative estimate of drug-likeness (QED) is 0.356. The van der Waals surface area contributed by atoms with Crippen molar-refractivity contribution in [3.8, 4) is 0 Å². The summed E-state index contributed by atoms with van der Waals surface area (Å²) in [7, 11) is 0. The normalized spacial score (nSPS) is 13.7. The molecule has 0 aromatic rings. The van der Waals surface area contributed by atoms with Crippen molar-refractivity contribution >= 4 is 47.0 Å². The van der Waals surface area contributed by atoms with Crippen LogP contribution in [-0.2, 0) is 43.1 Å².